The molecule has 66 valence electrons. The summed E-state index contributed by atoms with van der Waals surface area (Å²) in [5.41, 5.74) is 9.04. The topological polar surface area (TPSA) is 0 Å². The number of fused-ring (bicyclic) bond motifs is 2. The summed E-state index contributed by atoms with van der Waals surface area (Å²) in [5.74, 6) is 0. The zero-order chi connectivity index (χ0) is 9.12. The third-order valence-electron chi connectivity index (χ3n) is 3.48. The van der Waals surface area contributed by atoms with Crippen molar-refractivity contribution in [3.63, 3.8) is 0 Å². The van der Waals surface area contributed by atoms with Crippen molar-refractivity contribution in [1.82, 2.24) is 0 Å². The lowest BCUT2D eigenvalue weighted by Crippen LogP contribution is -1.94. The van der Waals surface area contributed by atoms with Crippen LogP contribution < -0.4 is 0 Å². The third-order valence-corrected chi connectivity index (χ3v) is 3.48. The molecule has 0 saturated carbocycles. The van der Waals surface area contributed by atoms with Crippen molar-refractivity contribution < 1.29 is 0 Å². The Morgan fingerprint density at radius 2 is 1.71 bits per heavy atom. The van der Waals surface area contributed by atoms with Crippen LogP contribution in [-0.4, -0.2) is 0 Å². The molecule has 4 rings (SSSR count). The van der Waals surface area contributed by atoms with E-state index in [-0.39, 0.29) is 0 Å². The van der Waals surface area contributed by atoms with Crippen molar-refractivity contribution in [2.24, 2.45) is 0 Å². The third kappa shape index (κ3) is 0.598. The number of allylic oxidation sites excluding steroid dienone is 12. The van der Waals surface area contributed by atoms with Crippen LogP contribution >= 0.6 is 0 Å². The van der Waals surface area contributed by atoms with E-state index in [4.69, 9.17) is 0 Å². The van der Waals surface area contributed by atoms with Gasteiger partial charge in [-0.05, 0) is 46.3 Å². The summed E-state index contributed by atoms with van der Waals surface area (Å²) < 4.78 is 0. The molecular formula is C14H10. The monoisotopic (exact) mass is 178 g/mol. The highest BCUT2D eigenvalue weighted by atomic mass is 14.4. The molecule has 0 heteroatoms. The minimum absolute atomic E-state index is 1.11. The first kappa shape index (κ1) is 6.83. The van der Waals surface area contributed by atoms with Crippen LogP contribution in [0.5, 0.6) is 0 Å². The molecule has 0 aromatic heterocycles. The van der Waals surface area contributed by atoms with E-state index in [1.165, 1.54) is 27.9 Å². The Morgan fingerprint density at radius 3 is 2.71 bits per heavy atom. The summed E-state index contributed by atoms with van der Waals surface area (Å²) in [7, 11) is 0. The number of hydrogen-bond donors (Lipinski definition) is 0. The predicted octanol–water partition coefficient (Wildman–Crippen LogP) is 3.38. The van der Waals surface area contributed by atoms with Crippen molar-refractivity contribution in [2.45, 2.75) is 12.8 Å². The Hall–Kier alpha value is -1.56. The van der Waals surface area contributed by atoms with E-state index in [2.05, 4.69) is 36.5 Å². The van der Waals surface area contributed by atoms with E-state index in [9.17, 15) is 0 Å². The van der Waals surface area contributed by atoms with Gasteiger partial charge >= 0.3 is 0 Å². The van der Waals surface area contributed by atoms with Gasteiger partial charge in [-0.2, -0.15) is 0 Å². The lowest BCUT2D eigenvalue weighted by atomic mass is 9.92. The Kier molecular flexibility index (Phi) is 1.02. The highest BCUT2D eigenvalue weighted by Crippen LogP contribution is 2.50. The fourth-order valence-corrected chi connectivity index (χ4v) is 2.89. The molecule has 0 spiro atoms. The molecule has 4 aliphatic rings. The van der Waals surface area contributed by atoms with E-state index in [1.807, 2.05) is 0 Å². The van der Waals surface area contributed by atoms with Crippen LogP contribution in [0, 0.1) is 0 Å². The highest BCUT2D eigenvalue weighted by Gasteiger charge is 2.32. The molecule has 0 atom stereocenters. The maximum atomic E-state index is 2.31. The van der Waals surface area contributed by atoms with E-state index in [0.717, 1.165) is 12.8 Å². The first-order chi connectivity index (χ1) is 6.95. The molecule has 0 radical (unpaired) electrons. The van der Waals surface area contributed by atoms with Crippen molar-refractivity contribution in [2.75, 3.05) is 0 Å². The van der Waals surface area contributed by atoms with Gasteiger partial charge in [-0.1, -0.05) is 36.5 Å². The van der Waals surface area contributed by atoms with Gasteiger partial charge in [-0.3, -0.25) is 0 Å². The molecule has 0 amide bonds. The first-order valence-electron chi connectivity index (χ1n) is 5.18. The SMILES string of the molecule is C1=CC2=C3C(=CC=C3C3=C2CC=C3)C1. The summed E-state index contributed by atoms with van der Waals surface area (Å²) >= 11 is 0. The van der Waals surface area contributed by atoms with Crippen molar-refractivity contribution in [3.05, 3.63) is 69.9 Å². The highest BCUT2D eigenvalue weighted by molar-refractivity contribution is 5.80. The van der Waals surface area contributed by atoms with E-state index in [0.29, 0.717) is 0 Å². The molecule has 0 aromatic rings. The number of hydrogen-bond acceptors (Lipinski definition) is 0. The van der Waals surface area contributed by atoms with Gasteiger partial charge in [-0.15, -0.1) is 0 Å². The van der Waals surface area contributed by atoms with Crippen molar-refractivity contribution in [3.8, 4) is 0 Å². The fraction of sp³-hybridized carbons (Fsp3) is 0.143. The molecule has 0 aromatic carbocycles. The van der Waals surface area contributed by atoms with Crippen LogP contribution in [0.15, 0.2) is 69.9 Å². The molecule has 0 nitrogen and oxygen atoms in total. The van der Waals surface area contributed by atoms with Crippen LogP contribution in [0.2, 0.25) is 0 Å². The fourth-order valence-electron chi connectivity index (χ4n) is 2.89. The second-order valence-electron chi connectivity index (χ2n) is 4.17. The maximum absolute atomic E-state index is 2.31. The second-order valence-corrected chi connectivity index (χ2v) is 4.17. The summed E-state index contributed by atoms with van der Waals surface area (Å²) in [4.78, 5) is 0. The summed E-state index contributed by atoms with van der Waals surface area (Å²) in [5, 5.41) is 0. The molecule has 0 aliphatic heterocycles. The van der Waals surface area contributed by atoms with Gasteiger partial charge in [0.05, 0.1) is 0 Å². The van der Waals surface area contributed by atoms with E-state index in [1.54, 1.807) is 5.57 Å². The molecule has 0 unspecified atom stereocenters. The molecule has 0 fully saturated rings. The number of rotatable bonds is 0. The summed E-state index contributed by atoms with van der Waals surface area (Å²) in [6, 6.07) is 0. The minimum atomic E-state index is 1.11. The molecule has 0 bridgehead atoms. The lowest BCUT2D eigenvalue weighted by molar-refractivity contribution is 1.18. The Morgan fingerprint density at radius 1 is 0.857 bits per heavy atom. The standard InChI is InChI=1S/C14H10/c1-3-9-7-8-13-11-5-2-4-10(11)12(6-1)14(9)13/h1-2,5-8H,3-4H2. The molecule has 0 N–H and O–H groups in total. The zero-order valence-electron chi connectivity index (χ0n) is 7.88. The summed E-state index contributed by atoms with van der Waals surface area (Å²) in [6.45, 7) is 0. The predicted molar refractivity (Wildman–Crippen MR) is 57.7 cm³/mol. The van der Waals surface area contributed by atoms with Crippen LogP contribution in [0.25, 0.3) is 0 Å². The lowest BCUT2D eigenvalue weighted by Gasteiger charge is -2.12. The first-order valence-corrected chi connectivity index (χ1v) is 5.18. The van der Waals surface area contributed by atoms with Crippen LogP contribution in [-0.2, 0) is 0 Å². The smallest absolute Gasteiger partial charge is 0.00671 e. The minimum Gasteiger partial charge on any atom is -0.0795 e. The Bertz CT molecular complexity index is 528. The van der Waals surface area contributed by atoms with E-state index < -0.39 is 0 Å². The zero-order valence-corrected chi connectivity index (χ0v) is 7.88. The summed E-state index contributed by atoms with van der Waals surface area (Å²) in [6.07, 6.45) is 16.0. The van der Waals surface area contributed by atoms with Gasteiger partial charge in [-0.25, -0.2) is 0 Å². The van der Waals surface area contributed by atoms with Gasteiger partial charge in [0.25, 0.3) is 0 Å². The van der Waals surface area contributed by atoms with Gasteiger partial charge in [0.1, 0.15) is 0 Å². The van der Waals surface area contributed by atoms with Crippen molar-refractivity contribution in [1.29, 1.82) is 0 Å². The normalized spacial score (nSPS) is 25.7. The van der Waals surface area contributed by atoms with E-state index >= 15 is 0 Å². The van der Waals surface area contributed by atoms with Gasteiger partial charge < -0.3 is 0 Å². The van der Waals surface area contributed by atoms with Crippen molar-refractivity contribution >= 4 is 0 Å². The quantitative estimate of drug-likeness (QED) is 0.533. The average Bonchev–Trinajstić information content (AvgIpc) is 2.87. The molecule has 0 saturated heterocycles. The van der Waals surface area contributed by atoms with Gasteiger partial charge in [0.15, 0.2) is 0 Å². The van der Waals surface area contributed by atoms with Gasteiger partial charge in [0, 0.05) is 0 Å². The maximum Gasteiger partial charge on any atom is -0.00671 e. The van der Waals surface area contributed by atoms with Crippen LogP contribution in [0.3, 0.4) is 0 Å². The second kappa shape index (κ2) is 2.09. The molecular weight excluding hydrogens is 168 g/mol. The van der Waals surface area contributed by atoms with Crippen LogP contribution in [0.4, 0.5) is 0 Å². The average molecular weight is 178 g/mol. The van der Waals surface area contributed by atoms with Gasteiger partial charge in [0.2, 0.25) is 0 Å². The molecule has 0 heterocycles. The Labute approximate surface area is 83.3 Å². The molecule has 4 aliphatic carbocycles. The largest absolute Gasteiger partial charge is 0.0795 e. The van der Waals surface area contributed by atoms with Crippen LogP contribution in [0.1, 0.15) is 12.8 Å². The molecule has 14 heavy (non-hydrogen) atoms. The Balaban J connectivity index is 2.05.